The van der Waals surface area contributed by atoms with Crippen LogP contribution in [-0.2, 0) is 13.6 Å². The maximum absolute atomic E-state index is 4.45. The van der Waals surface area contributed by atoms with Crippen molar-refractivity contribution in [2.45, 2.75) is 46.1 Å². The van der Waals surface area contributed by atoms with Crippen molar-refractivity contribution in [2.75, 3.05) is 33.2 Å². The number of unbranched alkanes of at least 4 members (excludes halogenated alkanes) is 1. The molecule has 0 saturated carbocycles. The van der Waals surface area contributed by atoms with E-state index in [-0.39, 0.29) is 24.0 Å². The van der Waals surface area contributed by atoms with Gasteiger partial charge in [0.25, 0.3) is 0 Å². The van der Waals surface area contributed by atoms with Crippen molar-refractivity contribution in [3.63, 3.8) is 0 Å². The average Bonchev–Trinajstić information content (AvgIpc) is 3.13. The Morgan fingerprint density at radius 1 is 1.17 bits per heavy atom. The predicted octanol–water partition coefficient (Wildman–Crippen LogP) is 2.20. The molecule has 0 bridgehead atoms. The van der Waals surface area contributed by atoms with E-state index in [1.165, 1.54) is 56.6 Å². The van der Waals surface area contributed by atoms with E-state index in [1.54, 1.807) is 0 Å². The molecule has 2 rings (SSSR count). The first-order valence-corrected chi connectivity index (χ1v) is 8.77. The minimum Gasteiger partial charge on any atom is -0.356 e. The Morgan fingerprint density at radius 2 is 1.88 bits per heavy atom. The van der Waals surface area contributed by atoms with Gasteiger partial charge in [0.1, 0.15) is 0 Å². The highest BCUT2D eigenvalue weighted by Crippen LogP contribution is 2.11. The molecular weight excluding hydrogens is 415 g/mol. The fraction of sp³-hybridized carbons (Fsp3) is 0.765. The number of rotatable bonds is 7. The number of aliphatic imine (C=N–C) groups is 1. The van der Waals surface area contributed by atoms with Crippen LogP contribution in [0.2, 0.25) is 0 Å². The van der Waals surface area contributed by atoms with Crippen LogP contribution in [0.25, 0.3) is 0 Å². The SMILES string of the molecule is CN=C(NCCCCN1CCCC1)NCc1c(C)nn(C)c1C.I. The van der Waals surface area contributed by atoms with Gasteiger partial charge in [-0.1, -0.05) is 0 Å². The Bertz CT molecular complexity index is 519. The number of halogens is 1. The van der Waals surface area contributed by atoms with E-state index >= 15 is 0 Å². The molecule has 0 amide bonds. The van der Waals surface area contributed by atoms with E-state index < -0.39 is 0 Å². The molecule has 0 spiro atoms. The Morgan fingerprint density at radius 3 is 2.46 bits per heavy atom. The van der Waals surface area contributed by atoms with E-state index in [4.69, 9.17) is 0 Å². The first-order chi connectivity index (χ1) is 11.1. The zero-order valence-corrected chi connectivity index (χ0v) is 17.9. The highest BCUT2D eigenvalue weighted by Gasteiger charge is 2.11. The molecule has 0 aromatic carbocycles. The zero-order chi connectivity index (χ0) is 16.7. The maximum atomic E-state index is 4.45. The van der Waals surface area contributed by atoms with Crippen molar-refractivity contribution in [1.82, 2.24) is 25.3 Å². The molecule has 0 aliphatic carbocycles. The number of guanidine groups is 1. The van der Waals surface area contributed by atoms with Gasteiger partial charge >= 0.3 is 0 Å². The average molecular weight is 448 g/mol. The van der Waals surface area contributed by atoms with Gasteiger partial charge < -0.3 is 15.5 Å². The molecule has 0 atom stereocenters. The lowest BCUT2D eigenvalue weighted by molar-refractivity contribution is 0.330. The summed E-state index contributed by atoms with van der Waals surface area (Å²) in [6, 6.07) is 0. The molecule has 1 aromatic heterocycles. The van der Waals surface area contributed by atoms with Crippen LogP contribution in [0, 0.1) is 13.8 Å². The second kappa shape index (κ2) is 10.9. The van der Waals surface area contributed by atoms with Gasteiger partial charge in [-0.25, -0.2) is 0 Å². The quantitative estimate of drug-likeness (QED) is 0.291. The molecule has 24 heavy (non-hydrogen) atoms. The Hall–Kier alpha value is -0.830. The van der Waals surface area contributed by atoms with Gasteiger partial charge in [0.15, 0.2) is 5.96 Å². The van der Waals surface area contributed by atoms with Gasteiger partial charge in [-0.3, -0.25) is 9.67 Å². The molecule has 1 fully saturated rings. The third kappa shape index (κ3) is 6.23. The predicted molar refractivity (Wildman–Crippen MR) is 111 cm³/mol. The molecule has 0 unspecified atom stereocenters. The minimum absolute atomic E-state index is 0. The summed E-state index contributed by atoms with van der Waals surface area (Å²) < 4.78 is 1.93. The summed E-state index contributed by atoms with van der Waals surface area (Å²) in [5.74, 6) is 0.869. The molecular formula is C17H33IN6. The van der Waals surface area contributed by atoms with Crippen LogP contribution in [0.1, 0.15) is 42.6 Å². The third-order valence-corrected chi connectivity index (χ3v) is 4.71. The molecule has 1 aliphatic heterocycles. The summed E-state index contributed by atoms with van der Waals surface area (Å²) in [4.78, 5) is 6.87. The molecule has 138 valence electrons. The van der Waals surface area contributed by atoms with Crippen molar-refractivity contribution in [3.05, 3.63) is 17.0 Å². The Kier molecular flexibility index (Phi) is 9.65. The van der Waals surface area contributed by atoms with E-state index in [9.17, 15) is 0 Å². The molecule has 7 heteroatoms. The summed E-state index contributed by atoms with van der Waals surface area (Å²) in [5, 5.41) is 11.2. The normalized spacial score (nSPS) is 15.4. The van der Waals surface area contributed by atoms with Crippen molar-refractivity contribution < 1.29 is 0 Å². The number of aromatic nitrogens is 2. The van der Waals surface area contributed by atoms with Crippen LogP contribution in [0.4, 0.5) is 0 Å². The highest BCUT2D eigenvalue weighted by molar-refractivity contribution is 14.0. The standard InChI is InChI=1S/C17H32N6.HI/c1-14-16(15(2)22(4)21-14)13-20-17(18-3)19-9-5-6-10-23-11-7-8-12-23;/h5-13H2,1-4H3,(H2,18,19,20);1H. The fourth-order valence-corrected chi connectivity index (χ4v) is 3.14. The first-order valence-electron chi connectivity index (χ1n) is 8.77. The number of nitrogens with one attached hydrogen (secondary N) is 2. The number of hydrogen-bond acceptors (Lipinski definition) is 3. The first kappa shape index (κ1) is 21.2. The molecule has 6 nitrogen and oxygen atoms in total. The Balaban J connectivity index is 0.00000288. The van der Waals surface area contributed by atoms with Crippen LogP contribution in [-0.4, -0.2) is 53.9 Å². The molecule has 0 radical (unpaired) electrons. The second-order valence-corrected chi connectivity index (χ2v) is 6.38. The van der Waals surface area contributed by atoms with Gasteiger partial charge in [0.2, 0.25) is 0 Å². The molecule has 1 aliphatic rings. The van der Waals surface area contributed by atoms with Crippen molar-refractivity contribution >= 4 is 29.9 Å². The van der Waals surface area contributed by atoms with Crippen LogP contribution in [0.3, 0.4) is 0 Å². The topological polar surface area (TPSA) is 57.5 Å². The summed E-state index contributed by atoms with van der Waals surface area (Å²) in [5.41, 5.74) is 3.54. The highest BCUT2D eigenvalue weighted by atomic mass is 127. The summed E-state index contributed by atoms with van der Waals surface area (Å²) >= 11 is 0. The third-order valence-electron chi connectivity index (χ3n) is 4.71. The zero-order valence-electron chi connectivity index (χ0n) is 15.6. The number of likely N-dealkylation sites (tertiary alicyclic amines) is 1. The summed E-state index contributed by atoms with van der Waals surface area (Å²) in [6.07, 6.45) is 5.19. The van der Waals surface area contributed by atoms with Crippen molar-refractivity contribution in [2.24, 2.45) is 12.0 Å². The van der Waals surface area contributed by atoms with Crippen LogP contribution in [0.15, 0.2) is 4.99 Å². The lowest BCUT2D eigenvalue weighted by Crippen LogP contribution is -2.37. The van der Waals surface area contributed by atoms with E-state index in [0.717, 1.165) is 24.7 Å². The maximum Gasteiger partial charge on any atom is 0.191 e. The van der Waals surface area contributed by atoms with Crippen molar-refractivity contribution in [3.8, 4) is 0 Å². The summed E-state index contributed by atoms with van der Waals surface area (Å²) in [6.45, 7) is 9.71. The molecule has 2 N–H and O–H groups in total. The van der Waals surface area contributed by atoms with Gasteiger partial charge in [-0.2, -0.15) is 5.10 Å². The van der Waals surface area contributed by atoms with Crippen molar-refractivity contribution in [1.29, 1.82) is 0 Å². The van der Waals surface area contributed by atoms with Gasteiger partial charge in [0, 0.05) is 38.4 Å². The van der Waals surface area contributed by atoms with Crippen LogP contribution >= 0.6 is 24.0 Å². The van der Waals surface area contributed by atoms with Crippen LogP contribution in [0.5, 0.6) is 0 Å². The number of hydrogen-bond donors (Lipinski definition) is 2. The lowest BCUT2D eigenvalue weighted by Gasteiger charge is -2.15. The number of aryl methyl sites for hydroxylation is 2. The lowest BCUT2D eigenvalue weighted by atomic mass is 10.2. The van der Waals surface area contributed by atoms with Gasteiger partial charge in [0.05, 0.1) is 5.69 Å². The van der Waals surface area contributed by atoms with Gasteiger partial charge in [-0.05, 0) is 59.2 Å². The molecule has 2 heterocycles. The largest absolute Gasteiger partial charge is 0.356 e. The fourth-order valence-electron chi connectivity index (χ4n) is 3.14. The smallest absolute Gasteiger partial charge is 0.191 e. The minimum atomic E-state index is 0. The second-order valence-electron chi connectivity index (χ2n) is 6.38. The molecule has 1 saturated heterocycles. The molecule has 1 aromatic rings. The van der Waals surface area contributed by atoms with Crippen LogP contribution < -0.4 is 10.6 Å². The summed E-state index contributed by atoms with van der Waals surface area (Å²) in [7, 11) is 3.81. The Labute approximate surface area is 163 Å². The monoisotopic (exact) mass is 448 g/mol. The van der Waals surface area contributed by atoms with E-state index in [2.05, 4.69) is 39.5 Å². The van der Waals surface area contributed by atoms with E-state index in [0.29, 0.717) is 0 Å². The number of nitrogens with zero attached hydrogens (tertiary/aromatic N) is 4. The van der Waals surface area contributed by atoms with E-state index in [1.807, 2.05) is 18.8 Å². The van der Waals surface area contributed by atoms with Gasteiger partial charge in [-0.15, -0.1) is 24.0 Å².